The van der Waals surface area contributed by atoms with Crippen LogP contribution in [0.25, 0.3) is 0 Å². The topological polar surface area (TPSA) is 47.7 Å². The average Bonchev–Trinajstić information content (AvgIpc) is 3.24. The molecule has 2 N–H and O–H groups in total. The molecule has 1 fully saturated rings. The molecule has 2 aliphatic rings. The van der Waals surface area contributed by atoms with Crippen LogP contribution in [0.4, 0.5) is 0 Å². The van der Waals surface area contributed by atoms with E-state index in [1.807, 2.05) is 12.1 Å². The van der Waals surface area contributed by atoms with E-state index in [0.717, 1.165) is 23.8 Å². The normalized spacial score (nSPS) is 19.2. The van der Waals surface area contributed by atoms with Gasteiger partial charge in [0.25, 0.3) is 0 Å². The molecule has 0 spiro atoms. The van der Waals surface area contributed by atoms with Gasteiger partial charge >= 0.3 is 0 Å². The van der Waals surface area contributed by atoms with Crippen LogP contribution in [-0.2, 0) is 6.54 Å². The van der Waals surface area contributed by atoms with Gasteiger partial charge in [-0.25, -0.2) is 0 Å². The summed E-state index contributed by atoms with van der Waals surface area (Å²) in [6.07, 6.45) is 2.60. The molecule has 1 aliphatic carbocycles. The molecule has 0 aromatic heterocycles. The van der Waals surface area contributed by atoms with Crippen molar-refractivity contribution < 1.29 is 9.47 Å². The van der Waals surface area contributed by atoms with Crippen LogP contribution in [0.5, 0.6) is 11.5 Å². The third-order valence-electron chi connectivity index (χ3n) is 4.06. The van der Waals surface area contributed by atoms with Crippen LogP contribution in [0, 0.1) is 5.92 Å². The molecule has 1 aromatic rings. The lowest BCUT2D eigenvalue weighted by Gasteiger charge is -2.28. The second kappa shape index (κ2) is 5.80. The van der Waals surface area contributed by atoms with Crippen LogP contribution >= 0.6 is 11.6 Å². The van der Waals surface area contributed by atoms with Crippen molar-refractivity contribution >= 4 is 11.6 Å². The number of nitrogens with two attached hydrogens (primary N) is 1. The number of fused-ring (bicyclic) bond motifs is 1. The largest absolute Gasteiger partial charge is 0.486 e. The predicted octanol–water partition coefficient (Wildman–Crippen LogP) is 2.28. The molecule has 1 unspecified atom stereocenters. The first-order valence-corrected chi connectivity index (χ1v) is 7.55. The summed E-state index contributed by atoms with van der Waals surface area (Å²) in [5.41, 5.74) is 7.04. The molecule has 4 nitrogen and oxygen atoms in total. The monoisotopic (exact) mass is 296 g/mol. The van der Waals surface area contributed by atoms with Crippen molar-refractivity contribution in [3.05, 3.63) is 22.7 Å². The zero-order chi connectivity index (χ0) is 14.1. The molecule has 5 heteroatoms. The molecule has 110 valence electrons. The molecule has 1 atom stereocenters. The van der Waals surface area contributed by atoms with Crippen LogP contribution in [0.2, 0.25) is 5.02 Å². The minimum Gasteiger partial charge on any atom is -0.486 e. The van der Waals surface area contributed by atoms with Crippen LogP contribution in [0.1, 0.15) is 18.4 Å². The van der Waals surface area contributed by atoms with Crippen molar-refractivity contribution in [1.29, 1.82) is 0 Å². The predicted molar refractivity (Wildman–Crippen MR) is 79.5 cm³/mol. The maximum absolute atomic E-state index is 6.27. The lowest BCUT2D eigenvalue weighted by Crippen LogP contribution is -2.39. The molecule has 0 amide bonds. The van der Waals surface area contributed by atoms with Gasteiger partial charge in [0, 0.05) is 19.1 Å². The summed E-state index contributed by atoms with van der Waals surface area (Å²) >= 11 is 6.27. The van der Waals surface area contributed by atoms with E-state index in [-0.39, 0.29) is 0 Å². The number of hydrogen-bond acceptors (Lipinski definition) is 4. The Labute approximate surface area is 124 Å². The fourth-order valence-corrected chi connectivity index (χ4v) is 3.16. The Morgan fingerprint density at radius 1 is 1.35 bits per heavy atom. The van der Waals surface area contributed by atoms with Gasteiger partial charge in [0.1, 0.15) is 13.2 Å². The van der Waals surface area contributed by atoms with Gasteiger partial charge in [0.15, 0.2) is 11.5 Å². The highest BCUT2D eigenvalue weighted by Gasteiger charge is 2.32. The summed E-state index contributed by atoms with van der Waals surface area (Å²) in [5.74, 6) is 2.18. The number of halogens is 1. The molecule has 0 bridgehead atoms. The number of rotatable bonds is 5. The van der Waals surface area contributed by atoms with Crippen LogP contribution in [0.15, 0.2) is 12.1 Å². The fourth-order valence-electron chi connectivity index (χ4n) is 2.87. The Morgan fingerprint density at radius 3 is 2.80 bits per heavy atom. The fraction of sp³-hybridized carbons (Fsp3) is 0.600. The van der Waals surface area contributed by atoms with Gasteiger partial charge in [0.2, 0.25) is 0 Å². The highest BCUT2D eigenvalue weighted by molar-refractivity contribution is 6.32. The van der Waals surface area contributed by atoms with Gasteiger partial charge in [-0.1, -0.05) is 11.6 Å². The summed E-state index contributed by atoms with van der Waals surface area (Å²) in [6, 6.07) is 4.45. The van der Waals surface area contributed by atoms with Crippen molar-refractivity contribution in [3.63, 3.8) is 0 Å². The van der Waals surface area contributed by atoms with E-state index in [9.17, 15) is 0 Å². The quantitative estimate of drug-likeness (QED) is 0.905. The maximum Gasteiger partial charge on any atom is 0.179 e. The van der Waals surface area contributed by atoms with Crippen molar-refractivity contribution in [2.24, 2.45) is 11.7 Å². The first-order valence-electron chi connectivity index (χ1n) is 7.17. The Hall–Kier alpha value is -0.970. The third-order valence-corrected chi connectivity index (χ3v) is 4.34. The highest BCUT2D eigenvalue weighted by Crippen LogP contribution is 2.39. The van der Waals surface area contributed by atoms with E-state index < -0.39 is 0 Å². The molecule has 0 radical (unpaired) electrons. The Kier molecular flexibility index (Phi) is 4.06. The summed E-state index contributed by atoms with van der Waals surface area (Å²) in [7, 11) is 2.13. The average molecular weight is 297 g/mol. The van der Waals surface area contributed by atoms with E-state index in [2.05, 4.69) is 11.9 Å². The van der Waals surface area contributed by atoms with E-state index in [1.165, 1.54) is 12.8 Å². The third kappa shape index (κ3) is 2.87. The molecule has 3 rings (SSSR count). The second-order valence-corrected chi connectivity index (χ2v) is 6.06. The zero-order valence-corrected chi connectivity index (χ0v) is 12.5. The molecule has 1 aromatic carbocycles. The van der Waals surface area contributed by atoms with E-state index in [1.54, 1.807) is 0 Å². The van der Waals surface area contributed by atoms with Crippen molar-refractivity contribution in [1.82, 2.24) is 4.90 Å². The Morgan fingerprint density at radius 2 is 2.10 bits per heavy atom. The van der Waals surface area contributed by atoms with Crippen LogP contribution in [-0.4, -0.2) is 37.7 Å². The molecule has 20 heavy (non-hydrogen) atoms. The SMILES string of the molecule is CN(Cc1cc(Cl)c2c(c1)OCCO2)C(CN)C1CC1. The van der Waals surface area contributed by atoms with E-state index in [0.29, 0.717) is 36.6 Å². The summed E-state index contributed by atoms with van der Waals surface area (Å²) < 4.78 is 11.2. The van der Waals surface area contributed by atoms with E-state index in [4.69, 9.17) is 26.8 Å². The lowest BCUT2D eigenvalue weighted by atomic mass is 10.1. The van der Waals surface area contributed by atoms with Gasteiger partial charge in [-0.3, -0.25) is 4.90 Å². The molecular weight excluding hydrogens is 276 g/mol. The van der Waals surface area contributed by atoms with Crippen molar-refractivity contribution in [3.8, 4) is 11.5 Å². The number of nitrogens with zero attached hydrogens (tertiary/aromatic N) is 1. The number of benzene rings is 1. The first-order chi connectivity index (χ1) is 9.69. The molecule has 1 heterocycles. The van der Waals surface area contributed by atoms with Crippen LogP contribution < -0.4 is 15.2 Å². The minimum absolute atomic E-state index is 0.460. The highest BCUT2D eigenvalue weighted by atomic mass is 35.5. The molecule has 0 saturated heterocycles. The lowest BCUT2D eigenvalue weighted by molar-refractivity contribution is 0.170. The van der Waals surface area contributed by atoms with Gasteiger partial charge in [-0.2, -0.15) is 0 Å². The van der Waals surface area contributed by atoms with Gasteiger partial charge < -0.3 is 15.2 Å². The first kappa shape index (κ1) is 14.0. The van der Waals surface area contributed by atoms with Gasteiger partial charge in [-0.05, 0) is 43.5 Å². The van der Waals surface area contributed by atoms with Crippen molar-refractivity contribution in [2.45, 2.75) is 25.4 Å². The Bertz CT molecular complexity index is 491. The zero-order valence-electron chi connectivity index (χ0n) is 11.8. The second-order valence-electron chi connectivity index (χ2n) is 5.66. The Balaban J connectivity index is 1.75. The van der Waals surface area contributed by atoms with Gasteiger partial charge in [-0.15, -0.1) is 0 Å². The smallest absolute Gasteiger partial charge is 0.179 e. The molecule has 1 aliphatic heterocycles. The maximum atomic E-state index is 6.27. The minimum atomic E-state index is 0.460. The van der Waals surface area contributed by atoms with E-state index >= 15 is 0 Å². The standard InChI is InChI=1S/C15H21ClN2O2/c1-18(13(8-17)11-2-3-11)9-10-6-12(16)15-14(7-10)19-4-5-20-15/h6-7,11,13H,2-5,8-9,17H2,1H3. The van der Waals surface area contributed by atoms with Crippen molar-refractivity contribution in [2.75, 3.05) is 26.8 Å². The number of ether oxygens (including phenoxy) is 2. The van der Waals surface area contributed by atoms with Gasteiger partial charge in [0.05, 0.1) is 5.02 Å². The summed E-state index contributed by atoms with van der Waals surface area (Å²) in [5, 5.41) is 0.626. The summed E-state index contributed by atoms with van der Waals surface area (Å²) in [6.45, 7) is 2.67. The number of hydrogen-bond donors (Lipinski definition) is 1. The molecular formula is C15H21ClN2O2. The number of likely N-dealkylation sites (N-methyl/N-ethyl adjacent to an activating group) is 1. The summed E-state index contributed by atoms with van der Waals surface area (Å²) in [4.78, 5) is 2.32. The molecule has 1 saturated carbocycles. The van der Waals surface area contributed by atoms with Crippen LogP contribution in [0.3, 0.4) is 0 Å².